The summed E-state index contributed by atoms with van der Waals surface area (Å²) in [5.74, 6) is 0.820. The van der Waals surface area contributed by atoms with Crippen LogP contribution in [0.5, 0.6) is 0 Å². The molecule has 0 spiro atoms. The first kappa shape index (κ1) is 15.2. The molecule has 2 aliphatic rings. The van der Waals surface area contributed by atoms with Crippen molar-refractivity contribution in [2.45, 2.75) is 46.5 Å². The van der Waals surface area contributed by atoms with Crippen LogP contribution in [0, 0.1) is 19.3 Å². The van der Waals surface area contributed by atoms with Gasteiger partial charge in [0.1, 0.15) is 0 Å². The van der Waals surface area contributed by atoms with Crippen molar-refractivity contribution in [2.24, 2.45) is 5.41 Å². The minimum absolute atomic E-state index is 0.0351. The van der Waals surface area contributed by atoms with Gasteiger partial charge in [0.15, 0.2) is 5.78 Å². The van der Waals surface area contributed by atoms with E-state index in [4.69, 9.17) is 4.52 Å². The normalized spacial score (nSPS) is 22.0. The van der Waals surface area contributed by atoms with Crippen molar-refractivity contribution in [3.8, 4) is 0 Å². The fourth-order valence-electron chi connectivity index (χ4n) is 4.05. The molecule has 1 N–H and O–H groups in total. The Morgan fingerprint density at radius 1 is 1.25 bits per heavy atom. The Morgan fingerprint density at radius 2 is 2.04 bits per heavy atom. The zero-order valence-corrected chi connectivity index (χ0v) is 14.6. The van der Waals surface area contributed by atoms with Crippen LogP contribution in [-0.2, 0) is 4.79 Å². The van der Waals surface area contributed by atoms with Crippen LogP contribution in [0.1, 0.15) is 55.0 Å². The van der Waals surface area contributed by atoms with E-state index in [1.807, 2.05) is 13.0 Å². The molecule has 2 aromatic rings. The fraction of sp³-hybridized carbons (Fsp3) is 0.400. The fourth-order valence-corrected chi connectivity index (χ4v) is 4.05. The monoisotopic (exact) mass is 322 g/mol. The highest BCUT2D eigenvalue weighted by atomic mass is 16.5. The molecule has 0 saturated heterocycles. The summed E-state index contributed by atoms with van der Waals surface area (Å²) in [6.45, 7) is 8.29. The minimum Gasteiger partial charge on any atom is -0.338 e. The second-order valence-corrected chi connectivity index (χ2v) is 7.82. The van der Waals surface area contributed by atoms with Crippen molar-refractivity contribution in [1.82, 2.24) is 5.16 Å². The molecule has 2 heterocycles. The van der Waals surface area contributed by atoms with Crippen LogP contribution in [0.15, 0.2) is 40.1 Å². The van der Waals surface area contributed by atoms with Gasteiger partial charge in [-0.1, -0.05) is 48.8 Å². The van der Waals surface area contributed by atoms with Gasteiger partial charge in [-0.3, -0.25) is 4.79 Å². The summed E-state index contributed by atoms with van der Waals surface area (Å²) >= 11 is 0. The van der Waals surface area contributed by atoms with E-state index in [0.29, 0.717) is 12.3 Å². The summed E-state index contributed by atoms with van der Waals surface area (Å²) in [7, 11) is 0. The lowest BCUT2D eigenvalue weighted by atomic mass is 9.69. The highest BCUT2D eigenvalue weighted by Gasteiger charge is 2.42. The number of carbonyl (C=O) groups is 1. The van der Waals surface area contributed by atoms with Crippen molar-refractivity contribution in [3.05, 3.63) is 57.9 Å². The molecule has 0 fully saturated rings. The number of rotatable bonds is 1. The van der Waals surface area contributed by atoms with Gasteiger partial charge in [-0.25, -0.2) is 0 Å². The summed E-state index contributed by atoms with van der Waals surface area (Å²) in [4.78, 5) is 13.0. The van der Waals surface area contributed by atoms with Crippen LogP contribution in [0.25, 0.3) is 0 Å². The molecule has 0 radical (unpaired) electrons. The Bertz CT molecular complexity index is 874. The predicted octanol–water partition coefficient (Wildman–Crippen LogP) is 4.49. The van der Waals surface area contributed by atoms with Crippen molar-refractivity contribution < 1.29 is 9.32 Å². The first-order chi connectivity index (χ1) is 11.4. The first-order valence-electron chi connectivity index (χ1n) is 8.42. The summed E-state index contributed by atoms with van der Waals surface area (Å²) in [6.07, 6.45) is 1.42. The Morgan fingerprint density at radius 3 is 2.79 bits per heavy atom. The van der Waals surface area contributed by atoms with E-state index in [1.165, 1.54) is 5.56 Å². The zero-order chi connectivity index (χ0) is 17.1. The third-order valence-corrected chi connectivity index (χ3v) is 5.05. The molecule has 0 bridgehead atoms. The van der Waals surface area contributed by atoms with Gasteiger partial charge in [0.05, 0.1) is 11.3 Å². The van der Waals surface area contributed by atoms with Crippen LogP contribution in [-0.4, -0.2) is 10.9 Å². The second kappa shape index (κ2) is 5.07. The van der Waals surface area contributed by atoms with Gasteiger partial charge in [0, 0.05) is 23.6 Å². The number of nitrogens with zero attached hydrogens (tertiary/aromatic N) is 1. The Kier molecular flexibility index (Phi) is 3.21. The average Bonchev–Trinajstić information content (AvgIpc) is 2.85. The molecule has 1 aromatic carbocycles. The van der Waals surface area contributed by atoms with Crippen LogP contribution in [0.3, 0.4) is 0 Å². The molecular weight excluding hydrogens is 300 g/mol. The lowest BCUT2D eigenvalue weighted by molar-refractivity contribution is -0.118. The Hall–Kier alpha value is -2.36. The first-order valence-corrected chi connectivity index (χ1v) is 8.42. The maximum absolute atomic E-state index is 13.0. The summed E-state index contributed by atoms with van der Waals surface area (Å²) in [5.41, 5.74) is 6.00. The number of hydrogen-bond donors (Lipinski definition) is 1. The second-order valence-electron chi connectivity index (χ2n) is 7.82. The number of anilines is 1. The maximum Gasteiger partial charge on any atom is 0.233 e. The van der Waals surface area contributed by atoms with Gasteiger partial charge >= 0.3 is 0 Å². The number of allylic oxidation sites excluding steroid dienone is 2. The molecule has 4 heteroatoms. The number of Topliss-reactive ketones (excluding diaryl/α,β-unsaturated/α-hetero) is 1. The smallest absolute Gasteiger partial charge is 0.233 e. The van der Waals surface area contributed by atoms with Gasteiger partial charge in [0.2, 0.25) is 5.88 Å². The van der Waals surface area contributed by atoms with Crippen molar-refractivity contribution >= 4 is 11.7 Å². The number of ketones is 1. The zero-order valence-electron chi connectivity index (χ0n) is 14.6. The number of carbonyl (C=O) groups excluding carboxylic acids is 1. The molecule has 1 unspecified atom stereocenters. The summed E-state index contributed by atoms with van der Waals surface area (Å²) < 4.78 is 5.51. The molecule has 0 amide bonds. The molecule has 24 heavy (non-hydrogen) atoms. The number of nitrogens with one attached hydrogen (secondary N) is 1. The molecule has 1 aromatic heterocycles. The molecular formula is C20H22N2O2. The predicted molar refractivity (Wildman–Crippen MR) is 92.9 cm³/mol. The largest absolute Gasteiger partial charge is 0.338 e. The van der Waals surface area contributed by atoms with Gasteiger partial charge < -0.3 is 9.84 Å². The summed E-state index contributed by atoms with van der Waals surface area (Å²) in [6, 6.07) is 8.38. The number of aryl methyl sites for hydroxylation is 2. The minimum atomic E-state index is -0.0917. The van der Waals surface area contributed by atoms with Crippen LogP contribution < -0.4 is 5.32 Å². The molecule has 1 aliphatic carbocycles. The van der Waals surface area contributed by atoms with Crippen molar-refractivity contribution in [1.29, 1.82) is 0 Å². The topological polar surface area (TPSA) is 55.1 Å². The Labute approximate surface area is 141 Å². The quantitative estimate of drug-likeness (QED) is 0.840. The molecule has 124 valence electrons. The molecule has 4 rings (SSSR count). The van der Waals surface area contributed by atoms with E-state index in [-0.39, 0.29) is 17.1 Å². The van der Waals surface area contributed by atoms with Gasteiger partial charge in [-0.15, -0.1) is 0 Å². The van der Waals surface area contributed by atoms with E-state index in [1.54, 1.807) is 0 Å². The molecule has 0 saturated carbocycles. The van der Waals surface area contributed by atoms with E-state index < -0.39 is 0 Å². The van der Waals surface area contributed by atoms with Gasteiger partial charge in [0.25, 0.3) is 0 Å². The standard InChI is InChI=1S/C20H22N2O2/c1-11-6-5-7-13(8-11)17-16-12(2)22-24-19(16)21-14-9-20(3,4)10-15(23)18(14)17/h5-8,17,21H,9-10H2,1-4H3. The van der Waals surface area contributed by atoms with E-state index in [2.05, 4.69) is 49.4 Å². The third kappa shape index (κ3) is 2.29. The number of hydrogen-bond acceptors (Lipinski definition) is 4. The van der Waals surface area contributed by atoms with E-state index >= 15 is 0 Å². The number of fused-ring (bicyclic) bond motifs is 1. The Balaban J connectivity index is 1.95. The van der Waals surface area contributed by atoms with Gasteiger partial charge in [-0.2, -0.15) is 0 Å². The lowest BCUT2D eigenvalue weighted by Gasteiger charge is -2.37. The van der Waals surface area contributed by atoms with E-state index in [0.717, 1.165) is 34.5 Å². The number of benzene rings is 1. The average molecular weight is 322 g/mol. The lowest BCUT2D eigenvalue weighted by Crippen LogP contribution is -2.33. The highest BCUT2D eigenvalue weighted by molar-refractivity contribution is 6.01. The third-order valence-electron chi connectivity index (χ3n) is 5.05. The molecule has 4 nitrogen and oxygen atoms in total. The van der Waals surface area contributed by atoms with Crippen LogP contribution in [0.2, 0.25) is 0 Å². The van der Waals surface area contributed by atoms with Crippen molar-refractivity contribution in [3.63, 3.8) is 0 Å². The van der Waals surface area contributed by atoms with Crippen molar-refractivity contribution in [2.75, 3.05) is 5.32 Å². The number of aromatic nitrogens is 1. The van der Waals surface area contributed by atoms with E-state index in [9.17, 15) is 4.79 Å². The SMILES string of the molecule is Cc1cccc(C2C3=C(CC(C)(C)CC3=O)Nc3onc(C)c32)c1. The molecule has 1 atom stereocenters. The summed E-state index contributed by atoms with van der Waals surface area (Å²) in [5, 5.41) is 7.49. The highest BCUT2D eigenvalue weighted by Crippen LogP contribution is 2.49. The van der Waals surface area contributed by atoms with Gasteiger partial charge in [-0.05, 0) is 31.2 Å². The van der Waals surface area contributed by atoms with Crippen LogP contribution in [0.4, 0.5) is 5.88 Å². The van der Waals surface area contributed by atoms with Crippen LogP contribution >= 0.6 is 0 Å². The maximum atomic E-state index is 13.0. The molecule has 1 aliphatic heterocycles.